The maximum absolute atomic E-state index is 13.3. The number of piperidine rings is 1. The van der Waals surface area contributed by atoms with E-state index in [0.717, 1.165) is 36.2 Å². The van der Waals surface area contributed by atoms with Gasteiger partial charge in [-0.2, -0.15) is 5.10 Å². The number of para-hydroxylation sites is 2. The Balaban J connectivity index is 1.52. The molecule has 0 aliphatic carbocycles. The Morgan fingerprint density at radius 3 is 2.77 bits per heavy atom. The maximum Gasteiger partial charge on any atom is 0.263 e. The summed E-state index contributed by atoms with van der Waals surface area (Å²) in [7, 11) is 3.47. The van der Waals surface area contributed by atoms with Gasteiger partial charge in [-0.3, -0.25) is 4.79 Å². The molecule has 2 unspecified atom stereocenters. The van der Waals surface area contributed by atoms with Gasteiger partial charge in [0.2, 0.25) is 0 Å². The standard InChI is InChI=1S/C22H27N5O3/c1-4-16(30-18-10-6-5-9-17(18)29-3)22(28)27-13-7-8-15(14-27)19-20-21(26(2)25-19)24-12-11-23-20/h5-6,9-12,15-16H,4,7-8,13-14H2,1-3H3. The molecule has 0 N–H and O–H groups in total. The SMILES string of the molecule is CCC(Oc1ccccc1OC)C(=O)N1CCCC(c2nn(C)c3nccnc23)C1. The van der Waals surface area contributed by atoms with E-state index in [2.05, 4.69) is 15.1 Å². The summed E-state index contributed by atoms with van der Waals surface area (Å²) in [6.45, 7) is 3.28. The van der Waals surface area contributed by atoms with Crippen LogP contribution in [0.3, 0.4) is 0 Å². The van der Waals surface area contributed by atoms with Crippen molar-refractivity contribution in [2.45, 2.75) is 38.2 Å². The Morgan fingerprint density at radius 1 is 1.23 bits per heavy atom. The fraction of sp³-hybridized carbons (Fsp3) is 0.455. The third-order valence-corrected chi connectivity index (χ3v) is 5.59. The Morgan fingerprint density at radius 2 is 2.00 bits per heavy atom. The van der Waals surface area contributed by atoms with Gasteiger partial charge in [0, 0.05) is 38.4 Å². The molecular formula is C22H27N5O3. The first-order chi connectivity index (χ1) is 14.6. The predicted molar refractivity (Wildman–Crippen MR) is 113 cm³/mol. The zero-order valence-corrected chi connectivity index (χ0v) is 17.6. The molecule has 3 aromatic rings. The lowest BCUT2D eigenvalue weighted by Gasteiger charge is -2.34. The zero-order valence-electron chi connectivity index (χ0n) is 17.6. The molecule has 1 aliphatic heterocycles. The number of nitrogens with zero attached hydrogens (tertiary/aromatic N) is 5. The van der Waals surface area contributed by atoms with Crippen LogP contribution in [0.1, 0.15) is 37.8 Å². The molecule has 30 heavy (non-hydrogen) atoms. The summed E-state index contributed by atoms with van der Waals surface area (Å²) in [6, 6.07) is 7.41. The molecular weight excluding hydrogens is 382 g/mol. The third kappa shape index (κ3) is 3.81. The monoisotopic (exact) mass is 409 g/mol. The number of carbonyl (C=O) groups excluding carboxylic acids is 1. The van der Waals surface area contributed by atoms with Crippen LogP contribution in [0.5, 0.6) is 11.5 Å². The molecule has 8 heteroatoms. The molecule has 0 radical (unpaired) electrons. The topological polar surface area (TPSA) is 82.4 Å². The van der Waals surface area contributed by atoms with Gasteiger partial charge in [-0.05, 0) is 31.4 Å². The summed E-state index contributed by atoms with van der Waals surface area (Å²) in [5.74, 6) is 1.34. The minimum Gasteiger partial charge on any atom is -0.493 e. The Labute approximate surface area is 175 Å². The number of benzene rings is 1. The van der Waals surface area contributed by atoms with Gasteiger partial charge in [0.15, 0.2) is 23.3 Å². The highest BCUT2D eigenvalue weighted by atomic mass is 16.5. The Bertz CT molecular complexity index is 1030. The van der Waals surface area contributed by atoms with Gasteiger partial charge in [-0.25, -0.2) is 14.6 Å². The molecule has 8 nitrogen and oxygen atoms in total. The minimum atomic E-state index is -0.555. The molecule has 158 valence electrons. The Hall–Kier alpha value is -3.16. The lowest BCUT2D eigenvalue weighted by Crippen LogP contribution is -2.46. The lowest BCUT2D eigenvalue weighted by molar-refractivity contribution is -0.140. The van der Waals surface area contributed by atoms with Gasteiger partial charge in [0.05, 0.1) is 12.8 Å². The summed E-state index contributed by atoms with van der Waals surface area (Å²) in [6.07, 6.45) is 5.27. The number of ether oxygens (including phenoxy) is 2. The summed E-state index contributed by atoms with van der Waals surface area (Å²) in [5.41, 5.74) is 2.50. The first-order valence-corrected chi connectivity index (χ1v) is 10.3. The van der Waals surface area contributed by atoms with Gasteiger partial charge in [-0.15, -0.1) is 0 Å². The van der Waals surface area contributed by atoms with Crippen molar-refractivity contribution in [3.05, 3.63) is 42.4 Å². The van der Waals surface area contributed by atoms with Crippen LogP contribution in [0, 0.1) is 0 Å². The van der Waals surface area contributed by atoms with Crippen molar-refractivity contribution in [3.8, 4) is 11.5 Å². The van der Waals surface area contributed by atoms with Crippen LogP contribution in [0.15, 0.2) is 36.7 Å². The quantitative estimate of drug-likeness (QED) is 0.623. The van der Waals surface area contributed by atoms with Crippen LogP contribution in [0.25, 0.3) is 11.2 Å². The van der Waals surface area contributed by atoms with Crippen LogP contribution >= 0.6 is 0 Å². The van der Waals surface area contributed by atoms with Crippen molar-refractivity contribution in [2.75, 3.05) is 20.2 Å². The van der Waals surface area contributed by atoms with E-state index in [-0.39, 0.29) is 11.8 Å². The highest BCUT2D eigenvalue weighted by Crippen LogP contribution is 2.31. The van der Waals surface area contributed by atoms with Crippen molar-refractivity contribution in [1.29, 1.82) is 0 Å². The first-order valence-electron chi connectivity index (χ1n) is 10.3. The van der Waals surface area contributed by atoms with Crippen molar-refractivity contribution in [2.24, 2.45) is 7.05 Å². The van der Waals surface area contributed by atoms with Gasteiger partial charge < -0.3 is 14.4 Å². The molecule has 1 saturated heterocycles. The van der Waals surface area contributed by atoms with E-state index >= 15 is 0 Å². The molecule has 0 saturated carbocycles. The zero-order chi connectivity index (χ0) is 21.1. The summed E-state index contributed by atoms with van der Waals surface area (Å²) < 4.78 is 13.2. The number of aromatic nitrogens is 4. The molecule has 2 atom stereocenters. The number of hydrogen-bond acceptors (Lipinski definition) is 6. The van der Waals surface area contributed by atoms with Crippen LogP contribution < -0.4 is 9.47 Å². The number of likely N-dealkylation sites (tertiary alicyclic amines) is 1. The van der Waals surface area contributed by atoms with E-state index in [0.29, 0.717) is 24.5 Å². The van der Waals surface area contributed by atoms with Crippen molar-refractivity contribution in [1.82, 2.24) is 24.6 Å². The smallest absolute Gasteiger partial charge is 0.263 e. The van der Waals surface area contributed by atoms with E-state index in [1.54, 1.807) is 24.2 Å². The number of aryl methyl sites for hydroxylation is 1. The second-order valence-electron chi connectivity index (χ2n) is 7.53. The summed E-state index contributed by atoms with van der Waals surface area (Å²) in [4.78, 5) is 24.0. The van der Waals surface area contributed by atoms with Crippen LogP contribution in [-0.2, 0) is 11.8 Å². The van der Waals surface area contributed by atoms with E-state index in [9.17, 15) is 4.79 Å². The minimum absolute atomic E-state index is 0.000531. The van der Waals surface area contributed by atoms with Crippen molar-refractivity contribution < 1.29 is 14.3 Å². The summed E-state index contributed by atoms with van der Waals surface area (Å²) >= 11 is 0. The second kappa shape index (κ2) is 8.69. The Kier molecular flexibility index (Phi) is 5.83. The molecule has 1 aliphatic rings. The second-order valence-corrected chi connectivity index (χ2v) is 7.53. The summed E-state index contributed by atoms with van der Waals surface area (Å²) in [5, 5.41) is 4.67. The molecule has 2 aromatic heterocycles. The van der Waals surface area contributed by atoms with Crippen molar-refractivity contribution in [3.63, 3.8) is 0 Å². The van der Waals surface area contributed by atoms with Gasteiger partial charge in [0.25, 0.3) is 5.91 Å². The van der Waals surface area contributed by atoms with E-state index in [1.165, 1.54) is 0 Å². The number of fused-ring (bicyclic) bond motifs is 1. The number of rotatable bonds is 6. The number of carbonyl (C=O) groups is 1. The fourth-order valence-electron chi connectivity index (χ4n) is 4.06. The molecule has 0 spiro atoms. The molecule has 1 amide bonds. The highest BCUT2D eigenvalue weighted by molar-refractivity contribution is 5.82. The lowest BCUT2D eigenvalue weighted by atomic mass is 9.94. The van der Waals surface area contributed by atoms with Gasteiger partial charge >= 0.3 is 0 Å². The van der Waals surface area contributed by atoms with Crippen LogP contribution in [0.4, 0.5) is 0 Å². The molecule has 1 fully saturated rings. The number of hydrogen-bond donors (Lipinski definition) is 0. The fourth-order valence-corrected chi connectivity index (χ4v) is 4.06. The molecule has 3 heterocycles. The van der Waals surface area contributed by atoms with E-state index < -0.39 is 6.10 Å². The average Bonchev–Trinajstić information content (AvgIpc) is 3.14. The number of methoxy groups -OCH3 is 1. The largest absolute Gasteiger partial charge is 0.493 e. The molecule has 0 bridgehead atoms. The van der Waals surface area contributed by atoms with Gasteiger partial charge in [0.1, 0.15) is 5.52 Å². The van der Waals surface area contributed by atoms with Crippen molar-refractivity contribution >= 4 is 17.1 Å². The van der Waals surface area contributed by atoms with Crippen LogP contribution in [0.2, 0.25) is 0 Å². The van der Waals surface area contributed by atoms with Crippen LogP contribution in [-0.4, -0.2) is 56.9 Å². The van der Waals surface area contributed by atoms with Gasteiger partial charge in [-0.1, -0.05) is 19.1 Å². The highest BCUT2D eigenvalue weighted by Gasteiger charge is 2.32. The average molecular weight is 409 g/mol. The first kappa shape index (κ1) is 20.1. The maximum atomic E-state index is 13.3. The van der Waals surface area contributed by atoms with E-state index in [1.807, 2.05) is 43.1 Å². The third-order valence-electron chi connectivity index (χ3n) is 5.59. The number of amides is 1. The molecule has 1 aromatic carbocycles. The van der Waals surface area contributed by atoms with E-state index in [4.69, 9.17) is 9.47 Å². The normalized spacial score (nSPS) is 17.7. The predicted octanol–water partition coefficient (Wildman–Crippen LogP) is 2.94. The molecule has 4 rings (SSSR count).